The van der Waals surface area contributed by atoms with Crippen molar-refractivity contribution < 1.29 is 14.3 Å². The minimum Gasteiger partial charge on any atom is -0.478 e. The van der Waals surface area contributed by atoms with Crippen LogP contribution in [0, 0.1) is 6.92 Å². The van der Waals surface area contributed by atoms with Gasteiger partial charge in [-0.1, -0.05) is 29.8 Å². The second kappa shape index (κ2) is 5.35. The molecule has 4 rings (SSSR count). The van der Waals surface area contributed by atoms with Gasteiger partial charge in [-0.15, -0.1) is 0 Å². The van der Waals surface area contributed by atoms with Gasteiger partial charge < -0.3 is 9.52 Å². The van der Waals surface area contributed by atoms with Gasteiger partial charge >= 0.3 is 5.97 Å². The third kappa shape index (κ3) is 2.32. The quantitative estimate of drug-likeness (QED) is 0.538. The predicted molar refractivity (Wildman–Crippen MR) is 93.7 cm³/mol. The largest absolute Gasteiger partial charge is 0.478 e. The highest BCUT2D eigenvalue weighted by Gasteiger charge is 2.16. The number of aromatic nitrogens is 1. The fourth-order valence-electron chi connectivity index (χ4n) is 2.84. The van der Waals surface area contributed by atoms with Crippen LogP contribution in [0.4, 0.5) is 0 Å². The van der Waals surface area contributed by atoms with Crippen molar-refractivity contribution in [2.75, 3.05) is 0 Å². The average Bonchev–Trinajstić information content (AvgIpc) is 2.97. The van der Waals surface area contributed by atoms with Crippen molar-refractivity contribution in [2.24, 2.45) is 0 Å². The van der Waals surface area contributed by atoms with Crippen molar-refractivity contribution in [1.29, 1.82) is 0 Å². The lowest BCUT2D eigenvalue weighted by Crippen LogP contribution is -2.00. The summed E-state index contributed by atoms with van der Waals surface area (Å²) in [6.07, 6.45) is 0. The molecule has 0 spiro atoms. The van der Waals surface area contributed by atoms with Crippen LogP contribution < -0.4 is 0 Å². The molecule has 4 nitrogen and oxygen atoms in total. The Morgan fingerprint density at radius 2 is 2.00 bits per heavy atom. The topological polar surface area (TPSA) is 63.3 Å². The molecular formula is C19H12ClNO3. The smallest absolute Gasteiger partial charge is 0.336 e. The lowest BCUT2D eigenvalue weighted by molar-refractivity contribution is 0.0699. The third-order valence-corrected chi connectivity index (χ3v) is 4.24. The van der Waals surface area contributed by atoms with Gasteiger partial charge in [0.25, 0.3) is 0 Å². The number of aromatic carboxylic acids is 1. The van der Waals surface area contributed by atoms with Gasteiger partial charge in [-0.2, -0.15) is 0 Å². The molecule has 0 aliphatic heterocycles. The number of hydrogen-bond donors (Lipinski definition) is 1. The summed E-state index contributed by atoms with van der Waals surface area (Å²) < 4.78 is 5.82. The Morgan fingerprint density at radius 1 is 1.17 bits per heavy atom. The zero-order valence-electron chi connectivity index (χ0n) is 12.7. The first-order valence-electron chi connectivity index (χ1n) is 7.36. The second-order valence-corrected chi connectivity index (χ2v) is 6.06. The molecule has 0 radical (unpaired) electrons. The van der Waals surface area contributed by atoms with E-state index in [0.717, 1.165) is 10.9 Å². The van der Waals surface area contributed by atoms with Crippen LogP contribution in [0.5, 0.6) is 0 Å². The van der Waals surface area contributed by atoms with E-state index in [1.54, 1.807) is 30.3 Å². The number of carboxylic acid groups (broad SMARTS) is 1. The van der Waals surface area contributed by atoms with Gasteiger partial charge in [0.15, 0.2) is 5.76 Å². The Morgan fingerprint density at radius 3 is 2.79 bits per heavy atom. The van der Waals surface area contributed by atoms with Crippen molar-refractivity contribution >= 4 is 39.4 Å². The molecule has 24 heavy (non-hydrogen) atoms. The molecule has 0 aliphatic rings. The van der Waals surface area contributed by atoms with Crippen LogP contribution in [-0.4, -0.2) is 16.1 Å². The molecule has 1 N–H and O–H groups in total. The van der Waals surface area contributed by atoms with Gasteiger partial charge in [0.05, 0.1) is 11.1 Å². The molecule has 2 heterocycles. The Bertz CT molecular complexity index is 1110. The van der Waals surface area contributed by atoms with Gasteiger partial charge in [0.2, 0.25) is 0 Å². The van der Waals surface area contributed by atoms with Gasteiger partial charge in [-0.3, -0.25) is 0 Å². The summed E-state index contributed by atoms with van der Waals surface area (Å²) in [7, 11) is 0. The monoisotopic (exact) mass is 337 g/mol. The zero-order chi connectivity index (χ0) is 16.8. The van der Waals surface area contributed by atoms with E-state index in [1.165, 1.54) is 0 Å². The summed E-state index contributed by atoms with van der Waals surface area (Å²) in [4.78, 5) is 16.3. The van der Waals surface area contributed by atoms with Crippen LogP contribution in [0.1, 0.15) is 15.9 Å². The fourth-order valence-corrected chi connectivity index (χ4v) is 3.02. The van der Waals surface area contributed by atoms with E-state index in [0.29, 0.717) is 33.0 Å². The molecule has 0 saturated heterocycles. The first-order valence-corrected chi connectivity index (χ1v) is 7.74. The van der Waals surface area contributed by atoms with E-state index in [1.807, 2.05) is 25.1 Å². The third-order valence-electron chi connectivity index (χ3n) is 4.00. The van der Waals surface area contributed by atoms with E-state index < -0.39 is 5.97 Å². The highest BCUT2D eigenvalue weighted by Crippen LogP contribution is 2.31. The van der Waals surface area contributed by atoms with Gasteiger partial charge in [-0.25, -0.2) is 9.78 Å². The average molecular weight is 338 g/mol. The normalized spacial score (nSPS) is 11.2. The standard InChI is InChI=1S/C19H12ClNO3/c1-10-3-2-4-13-14(19(22)23)9-15(21-18(10)13)17-8-11-7-12(20)5-6-16(11)24-17/h2-9H,1H3,(H,22,23). The van der Waals surface area contributed by atoms with E-state index >= 15 is 0 Å². The van der Waals surface area contributed by atoms with Crippen molar-refractivity contribution in [1.82, 2.24) is 4.98 Å². The van der Waals surface area contributed by atoms with Gasteiger partial charge in [-0.05, 0) is 42.8 Å². The number of aryl methyl sites for hydroxylation is 1. The molecular weight excluding hydrogens is 326 g/mol. The molecule has 2 aromatic carbocycles. The number of fused-ring (bicyclic) bond motifs is 2. The predicted octanol–water partition coefficient (Wildman–Crippen LogP) is 5.31. The molecule has 0 amide bonds. The van der Waals surface area contributed by atoms with Gasteiger partial charge in [0, 0.05) is 15.8 Å². The molecule has 0 unspecified atom stereocenters. The SMILES string of the molecule is Cc1cccc2c(C(=O)O)cc(-c3cc4cc(Cl)ccc4o3)nc12. The fraction of sp³-hybridized carbons (Fsp3) is 0.0526. The van der Waals surface area contributed by atoms with Crippen molar-refractivity contribution in [3.05, 3.63) is 64.7 Å². The highest BCUT2D eigenvalue weighted by molar-refractivity contribution is 6.31. The first kappa shape index (κ1) is 14.7. The van der Waals surface area contributed by atoms with Crippen molar-refractivity contribution in [3.63, 3.8) is 0 Å². The summed E-state index contributed by atoms with van der Waals surface area (Å²) in [5.74, 6) is -0.478. The summed E-state index contributed by atoms with van der Waals surface area (Å²) in [6.45, 7) is 1.91. The van der Waals surface area contributed by atoms with Gasteiger partial charge in [0.1, 0.15) is 11.3 Å². The van der Waals surface area contributed by atoms with Crippen LogP contribution in [0.25, 0.3) is 33.3 Å². The number of halogens is 1. The first-order chi connectivity index (χ1) is 11.5. The van der Waals surface area contributed by atoms with Crippen LogP contribution >= 0.6 is 11.6 Å². The zero-order valence-corrected chi connectivity index (χ0v) is 13.5. The molecule has 0 bridgehead atoms. The lowest BCUT2D eigenvalue weighted by atomic mass is 10.0. The minimum absolute atomic E-state index is 0.206. The van der Waals surface area contributed by atoms with E-state index in [-0.39, 0.29) is 5.56 Å². The summed E-state index contributed by atoms with van der Waals surface area (Å²) >= 11 is 6.00. The molecule has 0 aliphatic carbocycles. The Labute approximate surface area is 142 Å². The number of rotatable bonds is 2. The Kier molecular flexibility index (Phi) is 3.28. The summed E-state index contributed by atoms with van der Waals surface area (Å²) in [5, 5.41) is 11.6. The highest BCUT2D eigenvalue weighted by atomic mass is 35.5. The maximum absolute atomic E-state index is 11.7. The molecule has 4 aromatic rings. The lowest BCUT2D eigenvalue weighted by Gasteiger charge is -2.07. The molecule has 2 aromatic heterocycles. The number of carboxylic acids is 1. The van der Waals surface area contributed by atoms with Crippen LogP contribution in [-0.2, 0) is 0 Å². The van der Waals surface area contributed by atoms with E-state index in [9.17, 15) is 9.90 Å². The van der Waals surface area contributed by atoms with E-state index in [2.05, 4.69) is 4.98 Å². The number of para-hydroxylation sites is 1. The Balaban J connectivity index is 2.01. The number of carbonyl (C=O) groups is 1. The minimum atomic E-state index is -0.992. The summed E-state index contributed by atoms with van der Waals surface area (Å²) in [5.41, 5.74) is 2.94. The summed E-state index contributed by atoms with van der Waals surface area (Å²) in [6, 6.07) is 14.2. The van der Waals surface area contributed by atoms with Crippen molar-refractivity contribution in [2.45, 2.75) is 6.92 Å². The van der Waals surface area contributed by atoms with E-state index in [4.69, 9.17) is 16.0 Å². The van der Waals surface area contributed by atoms with Crippen LogP contribution in [0.2, 0.25) is 5.02 Å². The van der Waals surface area contributed by atoms with Crippen molar-refractivity contribution in [3.8, 4) is 11.5 Å². The second-order valence-electron chi connectivity index (χ2n) is 5.62. The maximum Gasteiger partial charge on any atom is 0.336 e. The number of nitrogens with zero attached hydrogens (tertiary/aromatic N) is 1. The Hall–Kier alpha value is -2.85. The molecule has 118 valence electrons. The maximum atomic E-state index is 11.7. The number of hydrogen-bond acceptors (Lipinski definition) is 3. The van der Waals surface area contributed by atoms with Crippen LogP contribution in [0.3, 0.4) is 0 Å². The number of benzene rings is 2. The molecule has 0 fully saturated rings. The number of pyridine rings is 1. The molecule has 0 atom stereocenters. The molecule has 5 heteroatoms. The molecule has 0 saturated carbocycles. The van der Waals surface area contributed by atoms with Crippen LogP contribution in [0.15, 0.2) is 52.9 Å². The number of furan rings is 1.